The fraction of sp³-hybridized carbons (Fsp3) is 0.611. The van der Waals surface area contributed by atoms with E-state index in [1.165, 1.54) is 12.8 Å². The third-order valence-electron chi connectivity index (χ3n) is 5.31. The Morgan fingerprint density at radius 3 is 3.00 bits per heavy atom. The molecule has 5 rings (SSSR count). The maximum Gasteiger partial charge on any atom is 0.267 e. The Bertz CT molecular complexity index is 836. The van der Waals surface area contributed by atoms with Crippen molar-refractivity contribution < 1.29 is 4.52 Å². The van der Waals surface area contributed by atoms with E-state index in [1.807, 2.05) is 11.8 Å². The summed E-state index contributed by atoms with van der Waals surface area (Å²) in [7, 11) is 0. The molecule has 0 radical (unpaired) electrons. The largest absolute Gasteiger partial charge is 0.361 e. The molecule has 0 N–H and O–H groups in total. The zero-order valence-electron chi connectivity index (χ0n) is 14.2. The van der Waals surface area contributed by atoms with E-state index in [2.05, 4.69) is 21.2 Å². The molecular formula is C18H22N4O2S. The first-order valence-electron chi connectivity index (χ1n) is 9.10. The van der Waals surface area contributed by atoms with Crippen LogP contribution in [0.2, 0.25) is 0 Å². The topological polar surface area (TPSA) is 64.2 Å². The molecule has 0 amide bonds. The number of fused-ring (bicyclic) bond motifs is 1. The molecule has 3 aliphatic rings. The summed E-state index contributed by atoms with van der Waals surface area (Å²) in [4.78, 5) is 14.6. The van der Waals surface area contributed by atoms with Crippen molar-refractivity contribution in [3.63, 3.8) is 0 Å². The first-order valence-corrected chi connectivity index (χ1v) is 10.3. The van der Waals surface area contributed by atoms with Gasteiger partial charge in [0.05, 0.1) is 17.9 Å². The normalized spacial score (nSPS) is 21.1. The molecule has 0 spiro atoms. The molecule has 0 atom stereocenters. The fourth-order valence-corrected chi connectivity index (χ4v) is 4.69. The second-order valence-electron chi connectivity index (χ2n) is 7.49. The molecule has 6 nitrogen and oxygen atoms in total. The van der Waals surface area contributed by atoms with Gasteiger partial charge in [-0.3, -0.25) is 9.69 Å². The summed E-state index contributed by atoms with van der Waals surface area (Å²) in [5.74, 6) is 4.20. The van der Waals surface area contributed by atoms with Crippen molar-refractivity contribution in [1.82, 2.24) is 19.8 Å². The number of likely N-dealkylation sites (tertiary alicyclic amines) is 1. The number of thioether (sulfide) groups is 1. The van der Waals surface area contributed by atoms with E-state index in [-0.39, 0.29) is 5.56 Å². The van der Waals surface area contributed by atoms with Crippen LogP contribution in [0, 0.1) is 5.92 Å². The molecule has 0 bridgehead atoms. The Morgan fingerprint density at radius 1 is 1.28 bits per heavy atom. The number of aryl methyl sites for hydroxylation is 1. The highest BCUT2D eigenvalue weighted by atomic mass is 32.2. The predicted molar refractivity (Wildman–Crippen MR) is 95.6 cm³/mol. The van der Waals surface area contributed by atoms with Gasteiger partial charge in [0.15, 0.2) is 0 Å². The number of rotatable bonds is 5. The summed E-state index contributed by atoms with van der Waals surface area (Å²) in [6.07, 6.45) is 3.45. The number of hydrogen-bond acceptors (Lipinski definition) is 6. The first kappa shape index (κ1) is 15.6. The first-order chi connectivity index (χ1) is 12.2. The van der Waals surface area contributed by atoms with Crippen molar-refractivity contribution in [3.05, 3.63) is 45.2 Å². The molecule has 2 aromatic rings. The standard InChI is InChI=1S/C18H22N4O2S/c23-18-5-14-11-25-4-3-16(14)19-22(18)9-12-7-21(8-12)10-15-6-17(24-20-15)13-1-2-13/h5-6,12-13H,1-4,7-11H2. The molecule has 1 saturated carbocycles. The summed E-state index contributed by atoms with van der Waals surface area (Å²) < 4.78 is 7.09. The van der Waals surface area contributed by atoms with Gasteiger partial charge in [0.2, 0.25) is 0 Å². The Hall–Kier alpha value is -1.60. The highest BCUT2D eigenvalue weighted by Gasteiger charge is 2.31. The molecule has 2 fully saturated rings. The van der Waals surface area contributed by atoms with Gasteiger partial charge < -0.3 is 4.52 Å². The van der Waals surface area contributed by atoms with Crippen LogP contribution < -0.4 is 5.56 Å². The van der Waals surface area contributed by atoms with Gasteiger partial charge in [0, 0.05) is 55.8 Å². The van der Waals surface area contributed by atoms with E-state index in [0.717, 1.165) is 66.8 Å². The van der Waals surface area contributed by atoms with Gasteiger partial charge in [-0.05, 0) is 24.2 Å². The highest BCUT2D eigenvalue weighted by molar-refractivity contribution is 7.98. The quantitative estimate of drug-likeness (QED) is 0.815. The van der Waals surface area contributed by atoms with Crippen molar-refractivity contribution >= 4 is 11.8 Å². The third kappa shape index (κ3) is 3.27. The lowest BCUT2D eigenvalue weighted by Gasteiger charge is -2.38. The summed E-state index contributed by atoms with van der Waals surface area (Å²) in [6, 6.07) is 3.90. The Balaban J connectivity index is 1.17. The lowest BCUT2D eigenvalue weighted by molar-refractivity contribution is 0.0741. The zero-order valence-corrected chi connectivity index (χ0v) is 15.0. The van der Waals surface area contributed by atoms with E-state index < -0.39 is 0 Å². The zero-order chi connectivity index (χ0) is 16.8. The summed E-state index contributed by atoms with van der Waals surface area (Å²) in [6.45, 7) is 3.55. The minimum Gasteiger partial charge on any atom is -0.361 e. The molecule has 7 heteroatoms. The van der Waals surface area contributed by atoms with Crippen LogP contribution in [0.1, 0.15) is 41.5 Å². The van der Waals surface area contributed by atoms with Crippen LogP contribution in [-0.2, 0) is 25.3 Å². The van der Waals surface area contributed by atoms with E-state index >= 15 is 0 Å². The van der Waals surface area contributed by atoms with Crippen molar-refractivity contribution in [2.75, 3.05) is 18.8 Å². The SMILES string of the molecule is O=c1cc2c(nn1CC1CN(Cc3cc(C4CC4)on3)C1)CCSC2. The van der Waals surface area contributed by atoms with Crippen LogP contribution >= 0.6 is 11.8 Å². The molecule has 4 heterocycles. The molecule has 1 aliphatic carbocycles. The maximum absolute atomic E-state index is 12.3. The summed E-state index contributed by atoms with van der Waals surface area (Å²) in [5.41, 5.74) is 3.32. The van der Waals surface area contributed by atoms with Gasteiger partial charge in [-0.2, -0.15) is 16.9 Å². The van der Waals surface area contributed by atoms with Crippen LogP contribution in [-0.4, -0.2) is 38.7 Å². The molecule has 132 valence electrons. The summed E-state index contributed by atoms with van der Waals surface area (Å²) >= 11 is 1.88. The number of aromatic nitrogens is 3. The van der Waals surface area contributed by atoms with E-state index in [9.17, 15) is 4.79 Å². The van der Waals surface area contributed by atoms with Crippen molar-refractivity contribution in [1.29, 1.82) is 0 Å². The Labute approximate surface area is 150 Å². The second kappa shape index (κ2) is 6.29. The van der Waals surface area contributed by atoms with Gasteiger partial charge in [0.1, 0.15) is 5.76 Å². The van der Waals surface area contributed by atoms with Gasteiger partial charge in [-0.25, -0.2) is 4.68 Å². The molecule has 2 aromatic heterocycles. The Morgan fingerprint density at radius 2 is 2.16 bits per heavy atom. The predicted octanol–water partition coefficient (Wildman–Crippen LogP) is 2.03. The minimum absolute atomic E-state index is 0.0466. The van der Waals surface area contributed by atoms with Gasteiger partial charge in [-0.1, -0.05) is 5.16 Å². The van der Waals surface area contributed by atoms with E-state index in [1.54, 1.807) is 10.7 Å². The highest BCUT2D eigenvalue weighted by Crippen LogP contribution is 2.40. The minimum atomic E-state index is 0.0466. The molecule has 2 aliphatic heterocycles. The maximum atomic E-state index is 12.3. The van der Waals surface area contributed by atoms with Gasteiger partial charge in [0.25, 0.3) is 5.56 Å². The van der Waals surface area contributed by atoms with Crippen LogP contribution in [0.3, 0.4) is 0 Å². The van der Waals surface area contributed by atoms with Gasteiger partial charge >= 0.3 is 0 Å². The van der Waals surface area contributed by atoms with E-state index in [4.69, 9.17) is 4.52 Å². The summed E-state index contributed by atoms with van der Waals surface area (Å²) in [5, 5.41) is 8.80. The van der Waals surface area contributed by atoms with E-state index in [0.29, 0.717) is 11.8 Å². The van der Waals surface area contributed by atoms with Gasteiger partial charge in [-0.15, -0.1) is 0 Å². The smallest absolute Gasteiger partial charge is 0.267 e. The molecule has 0 aromatic carbocycles. The van der Waals surface area contributed by atoms with Crippen LogP contribution in [0.4, 0.5) is 0 Å². The molecular weight excluding hydrogens is 336 g/mol. The van der Waals surface area contributed by atoms with Crippen LogP contribution in [0.25, 0.3) is 0 Å². The van der Waals surface area contributed by atoms with Crippen molar-refractivity contribution in [3.8, 4) is 0 Å². The monoisotopic (exact) mass is 358 g/mol. The average molecular weight is 358 g/mol. The Kier molecular flexibility index (Phi) is 3.93. The molecule has 1 saturated heterocycles. The molecule has 0 unspecified atom stereocenters. The second-order valence-corrected chi connectivity index (χ2v) is 8.60. The lowest BCUT2D eigenvalue weighted by atomic mass is 10.00. The number of nitrogens with zero attached hydrogens (tertiary/aromatic N) is 4. The molecule has 25 heavy (non-hydrogen) atoms. The van der Waals surface area contributed by atoms with Crippen molar-refractivity contribution in [2.24, 2.45) is 5.92 Å². The number of hydrogen-bond donors (Lipinski definition) is 0. The fourth-order valence-electron chi connectivity index (χ4n) is 3.74. The van der Waals surface area contributed by atoms with Crippen LogP contribution in [0.15, 0.2) is 21.5 Å². The van der Waals surface area contributed by atoms with Crippen molar-refractivity contribution in [2.45, 2.75) is 44.0 Å². The third-order valence-corrected chi connectivity index (χ3v) is 6.32. The lowest BCUT2D eigenvalue weighted by Crippen LogP contribution is -2.49. The average Bonchev–Trinajstić information content (AvgIpc) is 3.33. The van der Waals surface area contributed by atoms with Crippen LogP contribution in [0.5, 0.6) is 0 Å².